The molecular formula is C124H133N7O13S. The number of nitrogens with zero attached hydrogens (tertiary/aromatic N) is 4. The summed E-state index contributed by atoms with van der Waals surface area (Å²) in [5.74, 6) is -0.328. The van der Waals surface area contributed by atoms with Crippen LogP contribution in [-0.4, -0.2) is 145 Å². The number of nitrogens with two attached hydrogens (primary N) is 3. The fourth-order valence-electron chi connectivity index (χ4n) is 19.7. The fourth-order valence-corrected chi connectivity index (χ4v) is 20.4. The predicted octanol–water partition coefficient (Wildman–Crippen LogP) is 24.0. The number of benzene rings is 14. The molecule has 20 nitrogen and oxygen atoms in total. The van der Waals surface area contributed by atoms with Crippen LogP contribution in [-0.2, 0) is 78.5 Å². The van der Waals surface area contributed by atoms with Gasteiger partial charge in [0, 0.05) is 113 Å². The lowest BCUT2D eigenvalue weighted by atomic mass is 9.74. The lowest BCUT2D eigenvalue weighted by molar-refractivity contribution is -0.154. The van der Waals surface area contributed by atoms with Crippen LogP contribution in [0.5, 0.6) is 17.2 Å². The van der Waals surface area contributed by atoms with Crippen LogP contribution < -0.4 is 22.1 Å². The fraction of sp³-hybridized carbons (Fsp3) is 0.282. The van der Waals surface area contributed by atoms with Gasteiger partial charge in [-0.2, -0.15) is 11.3 Å². The minimum atomic E-state index is -0.893. The summed E-state index contributed by atoms with van der Waals surface area (Å²) >= 11 is 1.41. The van der Waals surface area contributed by atoms with Crippen molar-refractivity contribution in [2.45, 2.75) is 153 Å². The van der Waals surface area contributed by atoms with Gasteiger partial charge in [0.1, 0.15) is 42.2 Å². The molecule has 145 heavy (non-hydrogen) atoms. The average molecular weight is 1960 g/mol. The van der Waals surface area contributed by atoms with E-state index < -0.39 is 24.2 Å². The first kappa shape index (κ1) is 106. The molecule has 21 heteroatoms. The first-order valence-electron chi connectivity index (χ1n) is 50.1. The largest absolute Gasteiger partial charge is 0.507 e. The summed E-state index contributed by atoms with van der Waals surface area (Å²) in [4.78, 5) is 98.7. The molecular weight excluding hydrogens is 1830 g/mol. The van der Waals surface area contributed by atoms with Crippen molar-refractivity contribution in [2.75, 3.05) is 72.4 Å². The van der Waals surface area contributed by atoms with Gasteiger partial charge >= 0.3 is 18.2 Å². The molecule has 14 aromatic carbocycles. The average Bonchev–Trinajstić information content (AvgIpc) is 1.73. The number of phenols is 3. The Balaban J connectivity index is 0.000000158. The van der Waals surface area contributed by atoms with E-state index in [-0.39, 0.29) is 103 Å². The highest BCUT2D eigenvalue weighted by Gasteiger charge is 2.38. The maximum Gasteiger partial charge on any atom is 0.411 e. The Kier molecular flexibility index (Phi) is 38.0. The predicted molar refractivity (Wildman–Crippen MR) is 581 cm³/mol. The van der Waals surface area contributed by atoms with Crippen LogP contribution in [0.4, 0.5) is 21.0 Å². The van der Waals surface area contributed by atoms with E-state index in [4.69, 9.17) is 31.4 Å². The van der Waals surface area contributed by atoms with Gasteiger partial charge in [0.2, 0.25) is 0 Å². The summed E-state index contributed by atoms with van der Waals surface area (Å²) < 4.78 is 17.5. The number of phenolic OH excluding ortho intramolecular Hbond substituents is 3. The number of carbonyl (C=O) groups excluding carboxylic acids is 7. The van der Waals surface area contributed by atoms with E-state index in [1.807, 2.05) is 132 Å². The quantitative estimate of drug-likeness (QED) is 0.00920. The molecule has 8 atom stereocenters. The van der Waals surface area contributed by atoms with Gasteiger partial charge in [0.25, 0.3) is 0 Å². The number of carbonyl (C=O) groups is 7. The third-order valence-corrected chi connectivity index (χ3v) is 28.5. The highest BCUT2D eigenvalue weighted by atomic mass is 32.1. The second-order valence-electron chi connectivity index (χ2n) is 38.3. The monoisotopic (exact) mass is 1960 g/mol. The van der Waals surface area contributed by atoms with Crippen molar-refractivity contribution in [2.24, 2.45) is 23.1 Å². The third kappa shape index (κ3) is 28.9. The standard InChI is InChI=1S/C39H39N3O3.C39H45NO3.C27H26N2O6S.C19H23NO/c1-41(22-23-42-36-12-6-4-9-32(36)20-21-33-10-5-7-13-37(33)42)39(44)45-27-28-14-18-31(19-15-28)35(26-40)38(43)25-29-16-17-30-8-2-3-11-34(30)24-29;1-28-17-20-32(21-18-28)36(27-40(2)3)35-15-9-10-16-38(35)43-39(42)24-23-34(31-12-5-4-6-13-31)37(41)26-29-19-22-30-11-7-8-14-33(30)25-29;1-29(27(34)35-25(14-28)18-6-8-22(31)23(32)13-18)26(19-9-10-36-15-19)24(33)12-16-5-7-20-17(11-16)3-2-4-21(20)30;1-14-12-18(15(2)21)10-8-16(14)9-11-19(13-20)17-6-4-3-5-7-17/h2-19,24,35H,20-23,25-27,40H2,1H3;4-8,11-14,17-22,25,34-36,38H,9-10,15-16,23-24,26-27H2,1-3H3;2-11,13,15,25-26,30-32H,12,14,28H2,1H3;3-8,10,12,19H,9,11,13,20H2,1-2H3. The van der Waals surface area contributed by atoms with Gasteiger partial charge in [-0.05, 0) is 257 Å². The zero-order valence-corrected chi connectivity index (χ0v) is 84.7. The summed E-state index contributed by atoms with van der Waals surface area (Å²) in [5, 5.41) is 39.1. The number of esters is 1. The topological polar surface area (TPSA) is 299 Å². The third-order valence-electron chi connectivity index (χ3n) is 27.8. The van der Waals surface area contributed by atoms with Crippen molar-refractivity contribution in [3.8, 4) is 17.2 Å². The Morgan fingerprint density at radius 3 is 1.61 bits per heavy atom. The van der Waals surface area contributed by atoms with Gasteiger partial charge in [0.15, 0.2) is 23.1 Å². The summed E-state index contributed by atoms with van der Waals surface area (Å²) in [6.45, 7) is 8.86. The van der Waals surface area contributed by atoms with Crippen LogP contribution in [0.2, 0.25) is 0 Å². The number of aryl methyl sites for hydroxylation is 5. The highest BCUT2D eigenvalue weighted by Crippen LogP contribution is 2.42. The van der Waals surface area contributed by atoms with Crippen molar-refractivity contribution in [3.05, 3.63) is 421 Å². The second kappa shape index (κ2) is 52.0. The lowest BCUT2D eigenvalue weighted by Gasteiger charge is -2.38. The molecule has 0 bridgehead atoms. The van der Waals surface area contributed by atoms with Gasteiger partial charge in [-0.1, -0.05) is 291 Å². The molecule has 2 aliphatic rings. The number of para-hydroxylation sites is 2. The van der Waals surface area contributed by atoms with Crippen LogP contribution in [0.25, 0.3) is 32.3 Å². The first-order valence-corrected chi connectivity index (χ1v) is 51.0. The molecule has 1 aliphatic heterocycles. The minimum Gasteiger partial charge on any atom is -0.507 e. The summed E-state index contributed by atoms with van der Waals surface area (Å²) in [7, 11) is 7.49. The number of likely N-dealkylation sites (N-methyl/N-ethyl adjacent to an activating group) is 3. The van der Waals surface area contributed by atoms with E-state index in [0.29, 0.717) is 67.2 Å². The molecule has 2 heterocycles. The number of thiophene rings is 1. The number of ether oxygens (including phenoxy) is 3. The Hall–Kier alpha value is -14.7. The Morgan fingerprint density at radius 1 is 0.469 bits per heavy atom. The van der Waals surface area contributed by atoms with Crippen molar-refractivity contribution in [3.63, 3.8) is 0 Å². The van der Waals surface area contributed by atoms with E-state index in [1.54, 1.807) is 49.2 Å². The molecule has 0 spiro atoms. The van der Waals surface area contributed by atoms with E-state index in [0.717, 1.165) is 124 Å². The van der Waals surface area contributed by atoms with E-state index in [2.05, 4.69) is 189 Å². The number of ketones is 4. The van der Waals surface area contributed by atoms with Crippen molar-refractivity contribution in [1.82, 2.24) is 14.7 Å². The number of aromatic hydroxyl groups is 3. The molecule has 9 N–H and O–H groups in total. The molecule has 1 aromatic heterocycles. The number of anilines is 2. The van der Waals surface area contributed by atoms with E-state index in [9.17, 15) is 48.9 Å². The molecule has 0 radical (unpaired) electrons. The van der Waals surface area contributed by atoms with Crippen LogP contribution in [0.15, 0.2) is 332 Å². The van der Waals surface area contributed by atoms with Crippen molar-refractivity contribution < 1.29 is 63.1 Å². The number of fused-ring (bicyclic) bond motifs is 5. The van der Waals surface area contributed by atoms with Gasteiger partial charge < -0.3 is 61.4 Å². The molecule has 1 fully saturated rings. The number of hydrogen-bond donors (Lipinski definition) is 6. The summed E-state index contributed by atoms with van der Waals surface area (Å²) in [5.41, 5.74) is 36.4. The maximum absolute atomic E-state index is 13.7. The first-order chi connectivity index (χ1) is 70.3. The molecule has 1 saturated carbocycles. The van der Waals surface area contributed by atoms with Gasteiger partial charge in [-0.3, -0.25) is 28.9 Å². The highest BCUT2D eigenvalue weighted by molar-refractivity contribution is 7.08. The molecule has 1 aliphatic carbocycles. The normalized spacial score (nSPS) is 14.4. The summed E-state index contributed by atoms with van der Waals surface area (Å²) in [6.07, 6.45) is 7.48. The molecule has 748 valence electrons. The van der Waals surface area contributed by atoms with Crippen molar-refractivity contribution >= 4 is 96.3 Å². The maximum atomic E-state index is 13.7. The summed E-state index contributed by atoms with van der Waals surface area (Å²) in [6, 6.07) is 104. The Labute approximate surface area is 855 Å². The van der Waals surface area contributed by atoms with Gasteiger partial charge in [0.05, 0.1) is 5.92 Å². The Morgan fingerprint density at radius 2 is 1.02 bits per heavy atom. The van der Waals surface area contributed by atoms with Gasteiger partial charge in [-0.15, -0.1) is 0 Å². The second-order valence-corrected chi connectivity index (χ2v) is 39.1. The molecule has 8 unspecified atom stereocenters. The number of Topliss-reactive ketones (excluding diaryl/α,β-unsaturated/α-hetero) is 4. The molecule has 0 saturated heterocycles. The molecule has 15 aromatic rings. The number of rotatable bonds is 36. The number of hydrogen-bond acceptors (Lipinski definition) is 19. The van der Waals surface area contributed by atoms with Crippen molar-refractivity contribution in [1.29, 1.82) is 0 Å². The zero-order chi connectivity index (χ0) is 102. The lowest BCUT2D eigenvalue weighted by Crippen LogP contribution is -2.38. The van der Waals surface area contributed by atoms with E-state index >= 15 is 0 Å². The number of amides is 2. The van der Waals surface area contributed by atoms with Gasteiger partial charge in [-0.25, -0.2) is 9.59 Å². The van der Waals surface area contributed by atoms with Crippen LogP contribution in [0.1, 0.15) is 181 Å². The smallest absolute Gasteiger partial charge is 0.411 e. The van der Waals surface area contributed by atoms with Crippen LogP contribution in [0.3, 0.4) is 0 Å². The minimum absolute atomic E-state index is 0.0647. The Bertz CT molecular complexity index is 6830. The SMILES string of the molecule is CC(=O)c1ccc(CCC(CN)c2ccccc2)c(C)c1.CN(C(=O)OC(CN)c1ccc(O)c(O)c1)C(C(=O)Cc1ccc2c(O)cccc2c1)c1ccsc1.CN(CCN1c2ccccc2CCc2ccccc21)C(=O)OCc1ccc(C(CN)C(=O)Cc2ccc3ccccc3c2)cc1.Cc1ccc(C(CN(C)C)C2CCCCC2OC(=O)CCC(C(=O)Cc2ccc3ccccc3c2)c2ccccc2)cc1. The van der Waals surface area contributed by atoms with Crippen LogP contribution >= 0.6 is 11.3 Å². The van der Waals surface area contributed by atoms with E-state index in [1.165, 1.54) is 91.8 Å². The zero-order valence-electron chi connectivity index (χ0n) is 83.9. The molecule has 17 rings (SSSR count). The molecule has 2 amide bonds. The van der Waals surface area contributed by atoms with Crippen LogP contribution in [0, 0.1) is 19.8 Å².